The van der Waals surface area contributed by atoms with E-state index in [0.717, 1.165) is 68.2 Å². The highest BCUT2D eigenvalue weighted by Gasteiger charge is 2.20. The first kappa shape index (κ1) is 24.0. The van der Waals surface area contributed by atoms with Crippen LogP contribution in [0, 0.1) is 0 Å². The minimum atomic E-state index is -0.469. The normalized spacial score (nSPS) is 13.3. The second-order valence-electron chi connectivity index (χ2n) is 12.4. The van der Waals surface area contributed by atoms with Crippen LogP contribution in [-0.2, 0) is 0 Å². The number of benzene rings is 7. The van der Waals surface area contributed by atoms with E-state index >= 15 is 0 Å². The van der Waals surface area contributed by atoms with Gasteiger partial charge in [0.15, 0.2) is 17.5 Å². The van der Waals surface area contributed by atoms with Crippen LogP contribution in [0.1, 0.15) is 6.85 Å². The summed E-state index contributed by atoms with van der Waals surface area (Å²) in [6, 6.07) is 41.8. The summed E-state index contributed by atoms with van der Waals surface area (Å²) in [5.41, 5.74) is 4.81. The summed E-state index contributed by atoms with van der Waals surface area (Å²) >= 11 is 3.34. The van der Waals surface area contributed by atoms with Crippen LogP contribution in [0.25, 0.3) is 102 Å². The van der Waals surface area contributed by atoms with Gasteiger partial charge in [0.1, 0.15) is 0 Å². The number of aromatic nitrogens is 4. The molecule has 4 aromatic heterocycles. The van der Waals surface area contributed by atoms with E-state index < -0.39 is 18.1 Å². The molecule has 0 aliphatic heterocycles. The van der Waals surface area contributed by atoms with Crippen molar-refractivity contribution in [1.82, 2.24) is 19.5 Å². The third-order valence-corrected chi connectivity index (χ3v) is 11.9. The van der Waals surface area contributed by atoms with Crippen LogP contribution in [0.5, 0.6) is 0 Å². The number of para-hydroxylation sites is 2. The maximum Gasteiger partial charge on any atom is 0.165 e. The van der Waals surface area contributed by atoms with E-state index in [1.165, 1.54) is 10.8 Å². The van der Waals surface area contributed by atoms with Crippen molar-refractivity contribution < 1.29 is 6.85 Å². The third kappa shape index (κ3) is 4.40. The van der Waals surface area contributed by atoms with Gasteiger partial charge in [-0.3, -0.25) is 0 Å². The zero-order chi connectivity index (χ0) is 37.8. The van der Waals surface area contributed by atoms with Gasteiger partial charge < -0.3 is 4.57 Å². The van der Waals surface area contributed by atoms with E-state index in [0.29, 0.717) is 11.6 Å². The first-order valence-electron chi connectivity index (χ1n) is 19.0. The molecule has 0 unspecified atom stereocenters. The molecule has 0 N–H and O–H groups in total. The maximum atomic E-state index is 8.85. The summed E-state index contributed by atoms with van der Waals surface area (Å²) in [6.45, 7) is 0. The summed E-state index contributed by atoms with van der Waals surface area (Å²) in [5.74, 6) is 0.733. The standard InChI is InChI=1S/C45H26N4S2/c1-2-12-27(13-3-1)43-46-44(48-45(47-43)35-19-10-17-32-31-16-6-9-22-38(31)51-42(32)35)34-18-11-23-39-41(34)33-25-24-28(26-40(33)50-39)49-36-20-7-4-14-29(36)30-15-5-8-21-37(30)49/h1-26H/i1D,2D,3D,12D,13D. The second-order valence-corrected chi connectivity index (χ2v) is 14.6. The molecule has 0 saturated heterocycles. The fraction of sp³-hybridized carbons (Fsp3) is 0. The van der Waals surface area contributed by atoms with Crippen LogP contribution in [0.2, 0.25) is 0 Å². The molecule has 0 bridgehead atoms. The van der Waals surface area contributed by atoms with Crippen LogP contribution in [0.4, 0.5) is 0 Å². The molecular formula is C45H26N4S2. The molecule has 11 rings (SSSR count). The highest BCUT2D eigenvalue weighted by atomic mass is 32.1. The molecule has 0 aliphatic rings. The van der Waals surface area contributed by atoms with E-state index in [4.69, 9.17) is 21.8 Å². The van der Waals surface area contributed by atoms with Crippen LogP contribution >= 0.6 is 22.7 Å². The van der Waals surface area contributed by atoms with E-state index in [-0.39, 0.29) is 23.5 Å². The van der Waals surface area contributed by atoms with Crippen molar-refractivity contribution >= 4 is 84.8 Å². The van der Waals surface area contributed by atoms with Crippen molar-refractivity contribution in [3.05, 3.63) is 158 Å². The van der Waals surface area contributed by atoms with Gasteiger partial charge in [-0.05, 0) is 42.5 Å². The lowest BCUT2D eigenvalue weighted by molar-refractivity contribution is 1.08. The summed E-state index contributed by atoms with van der Waals surface area (Å²) in [5, 5.41) is 6.62. The Hall–Kier alpha value is -6.21. The summed E-state index contributed by atoms with van der Waals surface area (Å²) in [7, 11) is 0. The summed E-state index contributed by atoms with van der Waals surface area (Å²) in [4.78, 5) is 15.0. The minimum Gasteiger partial charge on any atom is -0.309 e. The Morgan fingerprint density at radius 2 is 1.10 bits per heavy atom. The molecular weight excluding hydrogens is 661 g/mol. The van der Waals surface area contributed by atoms with Crippen molar-refractivity contribution in [3.8, 4) is 39.9 Å². The Morgan fingerprint density at radius 3 is 1.90 bits per heavy atom. The van der Waals surface area contributed by atoms with Crippen LogP contribution in [-0.4, -0.2) is 19.5 Å². The van der Waals surface area contributed by atoms with Gasteiger partial charge in [-0.15, -0.1) is 22.7 Å². The van der Waals surface area contributed by atoms with E-state index in [2.05, 4.69) is 95.6 Å². The summed E-state index contributed by atoms with van der Waals surface area (Å²) in [6.07, 6.45) is 0. The SMILES string of the molecule is [2H]c1c([2H])c([2H])c(-c2nc(-c3cccc4c3sc3ccccc34)nc(-c3cccc4sc5cc(-n6c7ccccc7c7ccccc76)ccc5c34)n2)c([2H])c1[2H]. The molecule has 0 fully saturated rings. The van der Waals surface area contributed by atoms with E-state index in [1.54, 1.807) is 22.7 Å². The number of rotatable bonds is 4. The van der Waals surface area contributed by atoms with Crippen LogP contribution in [0.3, 0.4) is 0 Å². The number of fused-ring (bicyclic) bond motifs is 9. The molecule has 4 nitrogen and oxygen atoms in total. The zero-order valence-corrected chi connectivity index (χ0v) is 28.4. The van der Waals surface area contributed by atoms with Gasteiger partial charge in [0.2, 0.25) is 0 Å². The smallest absolute Gasteiger partial charge is 0.165 e. The van der Waals surface area contributed by atoms with Gasteiger partial charge in [-0.1, -0.05) is 115 Å². The van der Waals surface area contributed by atoms with Gasteiger partial charge in [-0.2, -0.15) is 0 Å². The van der Waals surface area contributed by atoms with E-state index in [1.807, 2.05) is 36.4 Å². The zero-order valence-electron chi connectivity index (χ0n) is 31.7. The topological polar surface area (TPSA) is 43.6 Å². The molecule has 6 heteroatoms. The largest absolute Gasteiger partial charge is 0.309 e. The van der Waals surface area contributed by atoms with Crippen molar-refractivity contribution in [2.75, 3.05) is 0 Å². The maximum absolute atomic E-state index is 8.85. The number of thiophene rings is 2. The Labute approximate surface area is 307 Å². The Morgan fingerprint density at radius 1 is 0.471 bits per heavy atom. The second kappa shape index (κ2) is 11.2. The molecule has 0 amide bonds. The first-order valence-corrected chi connectivity index (χ1v) is 18.2. The molecule has 4 heterocycles. The van der Waals surface area contributed by atoms with Gasteiger partial charge in [-0.25, -0.2) is 15.0 Å². The predicted octanol–water partition coefficient (Wildman–Crippen LogP) is 12.7. The van der Waals surface area contributed by atoms with E-state index in [9.17, 15) is 0 Å². The fourth-order valence-corrected chi connectivity index (χ4v) is 9.73. The lowest BCUT2D eigenvalue weighted by Crippen LogP contribution is -2.00. The van der Waals surface area contributed by atoms with Crippen molar-refractivity contribution in [2.24, 2.45) is 0 Å². The molecule has 0 aliphatic carbocycles. The molecule has 0 saturated carbocycles. The highest BCUT2D eigenvalue weighted by Crippen LogP contribution is 2.43. The Bertz CT molecular complexity index is 3380. The van der Waals surface area contributed by atoms with Crippen LogP contribution in [0.15, 0.2) is 158 Å². The van der Waals surface area contributed by atoms with Gasteiger partial charge in [0.05, 0.1) is 17.9 Å². The van der Waals surface area contributed by atoms with Gasteiger partial charge in [0.25, 0.3) is 0 Å². The molecule has 51 heavy (non-hydrogen) atoms. The predicted molar refractivity (Wildman–Crippen MR) is 216 cm³/mol. The average molecular weight is 692 g/mol. The fourth-order valence-electron chi connectivity index (χ4n) is 7.35. The monoisotopic (exact) mass is 691 g/mol. The first-order chi connectivity index (χ1) is 27.4. The average Bonchev–Trinajstić information content (AvgIpc) is 3.91. The van der Waals surface area contributed by atoms with Crippen molar-refractivity contribution in [1.29, 1.82) is 0 Å². The molecule has 11 aromatic rings. The molecule has 0 atom stereocenters. The lowest BCUT2D eigenvalue weighted by atomic mass is 10.0. The molecule has 7 aromatic carbocycles. The van der Waals surface area contributed by atoms with Crippen molar-refractivity contribution in [2.45, 2.75) is 0 Å². The number of nitrogens with zero attached hydrogens (tertiary/aromatic N) is 4. The third-order valence-electron chi connectivity index (χ3n) is 9.56. The van der Waals surface area contributed by atoms with Gasteiger partial charge in [0, 0.05) is 73.5 Å². The number of hydrogen-bond donors (Lipinski definition) is 0. The Kier molecular flexibility index (Phi) is 5.25. The highest BCUT2D eigenvalue weighted by molar-refractivity contribution is 7.26. The van der Waals surface area contributed by atoms with Gasteiger partial charge >= 0.3 is 0 Å². The summed E-state index contributed by atoms with van der Waals surface area (Å²) < 4.78 is 49.4. The molecule has 0 radical (unpaired) electrons. The lowest BCUT2D eigenvalue weighted by Gasteiger charge is -2.10. The van der Waals surface area contributed by atoms with Crippen LogP contribution < -0.4 is 0 Å². The van der Waals surface area contributed by atoms with Crippen molar-refractivity contribution in [3.63, 3.8) is 0 Å². The molecule has 238 valence electrons. The minimum absolute atomic E-state index is 0.0188. The quantitative estimate of drug-likeness (QED) is 0.184. The molecule has 0 spiro atoms. The number of hydrogen-bond acceptors (Lipinski definition) is 5. The Balaban J connectivity index is 1.17.